The summed E-state index contributed by atoms with van der Waals surface area (Å²) in [6.07, 6.45) is 5.40. The topological polar surface area (TPSA) is 4.93 Å². The number of hydrogen-bond acceptors (Lipinski definition) is 2. The van der Waals surface area contributed by atoms with Crippen LogP contribution in [0.5, 0.6) is 0 Å². The van der Waals surface area contributed by atoms with Crippen molar-refractivity contribution in [1.82, 2.24) is 4.57 Å². The predicted octanol–water partition coefficient (Wildman–Crippen LogP) is 6.13. The molecule has 0 fully saturated rings. The lowest BCUT2D eigenvalue weighted by Gasteiger charge is -2.07. The van der Waals surface area contributed by atoms with E-state index in [0.29, 0.717) is 0 Å². The van der Waals surface area contributed by atoms with Crippen LogP contribution in [0, 0.1) is 5.92 Å². The molecule has 3 rings (SSSR count). The van der Waals surface area contributed by atoms with Crippen LogP contribution in [0.15, 0.2) is 22.9 Å². The van der Waals surface area contributed by atoms with Crippen LogP contribution in [0.25, 0.3) is 20.4 Å². The summed E-state index contributed by atoms with van der Waals surface area (Å²) in [7, 11) is 0. The molecule has 3 aromatic heterocycles. The standard InChI is InChI=1S/C16H21NS2/c1-12(2)6-4-3-5-9-17-13-7-10-18-15(13)16-14(17)8-11-19-16/h7-8,10-12H,3-6,9H2,1-2H3. The smallest absolute Gasteiger partial charge is 0.0700 e. The van der Waals surface area contributed by atoms with Crippen molar-refractivity contribution < 1.29 is 0 Å². The fourth-order valence-electron chi connectivity index (χ4n) is 2.74. The maximum atomic E-state index is 2.52. The minimum atomic E-state index is 0.846. The number of fused-ring (bicyclic) bond motifs is 3. The van der Waals surface area contributed by atoms with Gasteiger partial charge in [-0.15, -0.1) is 22.7 Å². The second-order valence-corrected chi connectivity index (χ2v) is 7.50. The summed E-state index contributed by atoms with van der Waals surface area (Å²) in [6, 6.07) is 4.56. The van der Waals surface area contributed by atoms with Crippen molar-refractivity contribution in [2.24, 2.45) is 5.92 Å². The van der Waals surface area contributed by atoms with Crippen LogP contribution in [0.3, 0.4) is 0 Å². The number of thiophene rings is 2. The molecule has 1 nitrogen and oxygen atoms in total. The molecule has 0 amide bonds. The SMILES string of the molecule is CC(C)CCCCCn1c2ccsc2c2sccc21. The first-order valence-electron chi connectivity index (χ1n) is 7.20. The minimum Gasteiger partial charge on any atom is -0.339 e. The van der Waals surface area contributed by atoms with E-state index in [1.807, 2.05) is 22.7 Å². The van der Waals surface area contributed by atoms with E-state index < -0.39 is 0 Å². The summed E-state index contributed by atoms with van der Waals surface area (Å²) in [5, 5.41) is 4.44. The normalized spacial score (nSPS) is 12.2. The van der Waals surface area contributed by atoms with Crippen LogP contribution in [-0.2, 0) is 6.54 Å². The van der Waals surface area contributed by atoms with Crippen molar-refractivity contribution in [3.05, 3.63) is 22.9 Å². The Hall–Kier alpha value is -0.800. The average Bonchev–Trinajstić information content (AvgIpc) is 3.03. The van der Waals surface area contributed by atoms with Crippen LogP contribution < -0.4 is 0 Å². The molecule has 0 N–H and O–H groups in total. The fraction of sp³-hybridized carbons (Fsp3) is 0.500. The van der Waals surface area contributed by atoms with Gasteiger partial charge in [-0.2, -0.15) is 0 Å². The Labute approximate surface area is 122 Å². The number of aromatic nitrogens is 1. The predicted molar refractivity (Wildman–Crippen MR) is 88.5 cm³/mol. The van der Waals surface area contributed by atoms with Gasteiger partial charge in [-0.05, 0) is 35.2 Å². The van der Waals surface area contributed by atoms with Gasteiger partial charge in [-0.25, -0.2) is 0 Å². The van der Waals surface area contributed by atoms with Gasteiger partial charge in [0.05, 0.1) is 20.4 Å². The second-order valence-electron chi connectivity index (χ2n) is 5.66. The lowest BCUT2D eigenvalue weighted by atomic mass is 10.1. The van der Waals surface area contributed by atoms with E-state index in [0.717, 1.165) is 5.92 Å². The van der Waals surface area contributed by atoms with Crippen molar-refractivity contribution in [3.8, 4) is 0 Å². The number of rotatable bonds is 6. The largest absolute Gasteiger partial charge is 0.339 e. The average molecular weight is 291 g/mol. The van der Waals surface area contributed by atoms with Crippen LogP contribution in [0.1, 0.15) is 39.5 Å². The number of unbranched alkanes of at least 4 members (excludes halogenated alkanes) is 2. The first-order valence-corrected chi connectivity index (χ1v) is 8.96. The summed E-state index contributed by atoms with van der Waals surface area (Å²) in [6.45, 7) is 5.80. The molecule has 0 unspecified atom stereocenters. The van der Waals surface area contributed by atoms with Gasteiger partial charge in [-0.3, -0.25) is 0 Å². The van der Waals surface area contributed by atoms with Crippen LogP contribution in [0.4, 0.5) is 0 Å². The molecule has 3 aromatic rings. The fourth-order valence-corrected chi connectivity index (χ4v) is 4.72. The molecule has 0 radical (unpaired) electrons. The highest BCUT2D eigenvalue weighted by molar-refractivity contribution is 7.25. The third kappa shape index (κ3) is 2.59. The van der Waals surface area contributed by atoms with Crippen molar-refractivity contribution in [1.29, 1.82) is 0 Å². The first kappa shape index (κ1) is 13.2. The number of aryl methyl sites for hydroxylation is 1. The van der Waals surface area contributed by atoms with Gasteiger partial charge < -0.3 is 4.57 Å². The van der Waals surface area contributed by atoms with Crippen molar-refractivity contribution in [2.45, 2.75) is 46.1 Å². The third-order valence-electron chi connectivity index (χ3n) is 3.74. The molecule has 3 heteroatoms. The van der Waals surface area contributed by atoms with Crippen molar-refractivity contribution >= 4 is 43.1 Å². The third-order valence-corrected chi connectivity index (χ3v) is 5.71. The lowest BCUT2D eigenvalue weighted by Crippen LogP contribution is -1.97. The van der Waals surface area contributed by atoms with Crippen LogP contribution >= 0.6 is 22.7 Å². The molecule has 0 aliphatic rings. The van der Waals surface area contributed by atoms with E-state index in [-0.39, 0.29) is 0 Å². The van der Waals surface area contributed by atoms with E-state index in [1.165, 1.54) is 52.7 Å². The summed E-state index contributed by atoms with van der Waals surface area (Å²) in [4.78, 5) is 0. The van der Waals surface area contributed by atoms with E-state index in [4.69, 9.17) is 0 Å². The molecule has 0 aliphatic heterocycles. The van der Waals surface area contributed by atoms with E-state index in [1.54, 1.807) is 0 Å². The molecular formula is C16H21NS2. The highest BCUT2D eigenvalue weighted by Crippen LogP contribution is 2.36. The van der Waals surface area contributed by atoms with Gasteiger partial charge in [-0.1, -0.05) is 33.1 Å². The van der Waals surface area contributed by atoms with Gasteiger partial charge >= 0.3 is 0 Å². The van der Waals surface area contributed by atoms with Crippen molar-refractivity contribution in [3.63, 3.8) is 0 Å². The minimum absolute atomic E-state index is 0.846. The number of nitrogens with zero attached hydrogens (tertiary/aromatic N) is 1. The summed E-state index contributed by atoms with van der Waals surface area (Å²) >= 11 is 3.76. The Balaban J connectivity index is 1.72. The highest BCUT2D eigenvalue weighted by atomic mass is 32.1. The second kappa shape index (κ2) is 5.68. The van der Waals surface area contributed by atoms with Gasteiger partial charge in [0, 0.05) is 6.54 Å². The maximum absolute atomic E-state index is 2.52. The maximum Gasteiger partial charge on any atom is 0.0700 e. The highest BCUT2D eigenvalue weighted by Gasteiger charge is 2.12. The Morgan fingerprint density at radius 3 is 2.16 bits per heavy atom. The quantitative estimate of drug-likeness (QED) is 0.481. The summed E-state index contributed by atoms with van der Waals surface area (Å²) in [5.41, 5.74) is 2.88. The zero-order valence-corrected chi connectivity index (χ0v) is 13.3. The van der Waals surface area contributed by atoms with Gasteiger partial charge in [0.15, 0.2) is 0 Å². The molecule has 0 saturated carbocycles. The zero-order chi connectivity index (χ0) is 13.2. The summed E-state index contributed by atoms with van der Waals surface area (Å²) in [5.74, 6) is 0.846. The lowest BCUT2D eigenvalue weighted by molar-refractivity contribution is 0.512. The number of hydrogen-bond donors (Lipinski definition) is 0. The van der Waals surface area contributed by atoms with Gasteiger partial charge in [0.25, 0.3) is 0 Å². The van der Waals surface area contributed by atoms with Gasteiger partial charge in [0.2, 0.25) is 0 Å². The molecular weight excluding hydrogens is 270 g/mol. The molecule has 0 spiro atoms. The Kier molecular flexibility index (Phi) is 3.94. The van der Waals surface area contributed by atoms with Gasteiger partial charge in [0.1, 0.15) is 0 Å². The molecule has 19 heavy (non-hydrogen) atoms. The molecule has 0 aromatic carbocycles. The molecule has 0 saturated heterocycles. The van der Waals surface area contributed by atoms with E-state index in [9.17, 15) is 0 Å². The molecule has 102 valence electrons. The summed E-state index contributed by atoms with van der Waals surface area (Å²) < 4.78 is 5.48. The molecule has 0 aliphatic carbocycles. The van der Waals surface area contributed by atoms with E-state index in [2.05, 4.69) is 41.3 Å². The van der Waals surface area contributed by atoms with Crippen LogP contribution in [0.2, 0.25) is 0 Å². The molecule has 3 heterocycles. The molecule has 0 bridgehead atoms. The van der Waals surface area contributed by atoms with Crippen LogP contribution in [-0.4, -0.2) is 4.57 Å². The Morgan fingerprint density at radius 1 is 0.947 bits per heavy atom. The Morgan fingerprint density at radius 2 is 1.58 bits per heavy atom. The first-order chi connectivity index (χ1) is 9.27. The molecule has 0 atom stereocenters. The Bertz CT molecular complexity index is 609. The van der Waals surface area contributed by atoms with E-state index >= 15 is 0 Å². The zero-order valence-electron chi connectivity index (χ0n) is 11.7. The monoisotopic (exact) mass is 291 g/mol. The van der Waals surface area contributed by atoms with Crippen molar-refractivity contribution in [2.75, 3.05) is 0 Å².